The van der Waals surface area contributed by atoms with Gasteiger partial charge in [0.15, 0.2) is 0 Å². The molecule has 17 heavy (non-hydrogen) atoms. The lowest BCUT2D eigenvalue weighted by atomic mass is 10.1. The number of hydrogen-bond acceptors (Lipinski definition) is 4. The summed E-state index contributed by atoms with van der Waals surface area (Å²) in [5.74, 6) is 0.240. The van der Waals surface area contributed by atoms with Gasteiger partial charge in [-0.1, -0.05) is 6.07 Å². The van der Waals surface area contributed by atoms with E-state index in [4.69, 9.17) is 4.74 Å². The van der Waals surface area contributed by atoms with Gasteiger partial charge in [0.1, 0.15) is 11.5 Å². The van der Waals surface area contributed by atoms with E-state index in [0.717, 1.165) is 26.2 Å². The second-order valence-electron chi connectivity index (χ2n) is 3.94. The molecule has 0 aliphatic heterocycles. The van der Waals surface area contributed by atoms with Gasteiger partial charge in [-0.15, -0.1) is 0 Å². The van der Waals surface area contributed by atoms with Crippen LogP contribution in [-0.2, 0) is 4.74 Å². The van der Waals surface area contributed by atoms with Gasteiger partial charge < -0.3 is 20.3 Å². The molecule has 0 saturated heterocycles. The van der Waals surface area contributed by atoms with Gasteiger partial charge in [0.05, 0.1) is 5.56 Å². The van der Waals surface area contributed by atoms with Gasteiger partial charge in [-0.2, -0.15) is 0 Å². The summed E-state index contributed by atoms with van der Waals surface area (Å²) in [7, 11) is 0. The summed E-state index contributed by atoms with van der Waals surface area (Å²) in [6.45, 7) is 6.12. The Bertz CT molecular complexity index is 321. The number of phenolic OH excluding ortho intramolecular Hbond substituents is 2. The molecule has 0 fully saturated rings. The van der Waals surface area contributed by atoms with E-state index in [2.05, 4.69) is 5.32 Å². The molecule has 0 heterocycles. The highest BCUT2D eigenvalue weighted by Gasteiger charge is 2.13. The lowest BCUT2D eigenvalue weighted by molar-refractivity contribution is 0.144. The van der Waals surface area contributed by atoms with Gasteiger partial charge in [0, 0.05) is 19.3 Å². The first-order valence-electron chi connectivity index (χ1n) is 5.98. The molecular weight excluding hydrogens is 218 g/mol. The minimum absolute atomic E-state index is 0.0853. The topological polar surface area (TPSA) is 61.7 Å². The molecule has 0 aliphatic rings. The summed E-state index contributed by atoms with van der Waals surface area (Å²) in [5, 5.41) is 22.6. The average Bonchev–Trinajstić information content (AvgIpc) is 2.28. The molecule has 0 aliphatic carbocycles. The standard InChI is InChI=1S/C13H21NO3/c1-3-17-9-5-8-14-10(2)13-11(15)6-4-7-12(13)16/h4,6-7,10,14-16H,3,5,8-9H2,1-2H3. The van der Waals surface area contributed by atoms with E-state index >= 15 is 0 Å². The first-order chi connectivity index (χ1) is 8.16. The second kappa shape index (κ2) is 7.14. The lowest BCUT2D eigenvalue weighted by Gasteiger charge is -2.16. The molecular formula is C13H21NO3. The first kappa shape index (κ1) is 13.8. The van der Waals surface area contributed by atoms with Crippen LogP contribution in [0.15, 0.2) is 18.2 Å². The van der Waals surface area contributed by atoms with Crippen LogP contribution in [0.4, 0.5) is 0 Å². The Labute approximate surface area is 102 Å². The Morgan fingerprint density at radius 2 is 1.94 bits per heavy atom. The van der Waals surface area contributed by atoms with E-state index in [1.165, 1.54) is 0 Å². The molecule has 3 N–H and O–H groups in total. The summed E-state index contributed by atoms with van der Waals surface area (Å²) in [4.78, 5) is 0. The Morgan fingerprint density at radius 3 is 2.53 bits per heavy atom. The van der Waals surface area contributed by atoms with Gasteiger partial charge in [0.2, 0.25) is 0 Å². The van der Waals surface area contributed by atoms with Crippen molar-refractivity contribution in [3.05, 3.63) is 23.8 Å². The summed E-state index contributed by atoms with van der Waals surface area (Å²) in [6.07, 6.45) is 0.909. The van der Waals surface area contributed by atoms with Crippen molar-refractivity contribution < 1.29 is 14.9 Å². The minimum Gasteiger partial charge on any atom is -0.507 e. The maximum Gasteiger partial charge on any atom is 0.124 e. The number of phenols is 2. The van der Waals surface area contributed by atoms with Crippen molar-refractivity contribution in [1.29, 1.82) is 0 Å². The monoisotopic (exact) mass is 239 g/mol. The van der Waals surface area contributed by atoms with Gasteiger partial charge >= 0.3 is 0 Å². The van der Waals surface area contributed by atoms with Crippen LogP contribution >= 0.6 is 0 Å². The summed E-state index contributed by atoms with van der Waals surface area (Å²) < 4.78 is 5.23. The third-order valence-electron chi connectivity index (χ3n) is 2.61. The van der Waals surface area contributed by atoms with Gasteiger partial charge in [-0.3, -0.25) is 0 Å². The molecule has 4 nitrogen and oxygen atoms in total. The molecule has 1 aromatic carbocycles. The zero-order valence-electron chi connectivity index (χ0n) is 10.4. The van der Waals surface area contributed by atoms with Gasteiger partial charge in [-0.25, -0.2) is 0 Å². The van der Waals surface area contributed by atoms with E-state index in [1.807, 2.05) is 13.8 Å². The molecule has 0 amide bonds. The Hall–Kier alpha value is -1.26. The van der Waals surface area contributed by atoms with E-state index in [0.29, 0.717) is 5.56 Å². The number of benzene rings is 1. The average molecular weight is 239 g/mol. The third-order valence-corrected chi connectivity index (χ3v) is 2.61. The molecule has 1 aromatic rings. The SMILES string of the molecule is CCOCCCNC(C)c1c(O)cccc1O. The molecule has 1 atom stereocenters. The number of rotatable bonds is 7. The van der Waals surface area contributed by atoms with Crippen molar-refractivity contribution in [1.82, 2.24) is 5.32 Å². The van der Waals surface area contributed by atoms with Crippen molar-refractivity contribution >= 4 is 0 Å². The molecule has 0 spiro atoms. The molecule has 0 saturated carbocycles. The quantitative estimate of drug-likeness (QED) is 0.638. The normalized spacial score (nSPS) is 12.6. The van der Waals surface area contributed by atoms with Crippen LogP contribution in [0.5, 0.6) is 11.5 Å². The van der Waals surface area contributed by atoms with Crippen molar-refractivity contribution in [2.45, 2.75) is 26.3 Å². The lowest BCUT2D eigenvalue weighted by Crippen LogP contribution is -2.21. The molecule has 96 valence electrons. The van der Waals surface area contributed by atoms with E-state index in [-0.39, 0.29) is 17.5 Å². The predicted molar refractivity (Wildman–Crippen MR) is 67.3 cm³/mol. The Morgan fingerprint density at radius 1 is 1.29 bits per heavy atom. The maximum atomic E-state index is 9.68. The minimum atomic E-state index is -0.0853. The third kappa shape index (κ3) is 4.24. The molecule has 1 unspecified atom stereocenters. The summed E-state index contributed by atoms with van der Waals surface area (Å²) >= 11 is 0. The summed E-state index contributed by atoms with van der Waals surface area (Å²) in [5.41, 5.74) is 0.545. The number of ether oxygens (including phenoxy) is 1. The van der Waals surface area contributed by atoms with Crippen molar-refractivity contribution in [2.75, 3.05) is 19.8 Å². The van der Waals surface area contributed by atoms with E-state index in [1.54, 1.807) is 18.2 Å². The Kier molecular flexibility index (Phi) is 5.80. The smallest absolute Gasteiger partial charge is 0.124 e. The van der Waals surface area contributed by atoms with Crippen LogP contribution in [0.25, 0.3) is 0 Å². The van der Waals surface area contributed by atoms with Crippen LogP contribution in [0.1, 0.15) is 31.9 Å². The molecule has 4 heteroatoms. The van der Waals surface area contributed by atoms with Crippen LogP contribution in [-0.4, -0.2) is 30.0 Å². The van der Waals surface area contributed by atoms with Gasteiger partial charge in [-0.05, 0) is 38.9 Å². The highest BCUT2D eigenvalue weighted by molar-refractivity contribution is 5.44. The maximum absolute atomic E-state index is 9.68. The second-order valence-corrected chi connectivity index (χ2v) is 3.94. The fraction of sp³-hybridized carbons (Fsp3) is 0.538. The highest BCUT2D eigenvalue weighted by atomic mass is 16.5. The number of nitrogens with one attached hydrogen (secondary N) is 1. The van der Waals surface area contributed by atoms with Crippen molar-refractivity contribution in [3.63, 3.8) is 0 Å². The van der Waals surface area contributed by atoms with Gasteiger partial charge in [0.25, 0.3) is 0 Å². The van der Waals surface area contributed by atoms with Crippen molar-refractivity contribution in [2.24, 2.45) is 0 Å². The Balaban J connectivity index is 2.44. The van der Waals surface area contributed by atoms with Crippen molar-refractivity contribution in [3.8, 4) is 11.5 Å². The molecule has 0 radical (unpaired) electrons. The summed E-state index contributed by atoms with van der Waals surface area (Å²) in [6, 6.07) is 4.69. The van der Waals surface area contributed by atoms with E-state index < -0.39 is 0 Å². The zero-order chi connectivity index (χ0) is 12.7. The molecule has 0 aromatic heterocycles. The number of aromatic hydroxyl groups is 2. The zero-order valence-corrected chi connectivity index (χ0v) is 10.4. The number of hydrogen-bond donors (Lipinski definition) is 3. The van der Waals surface area contributed by atoms with Crippen LogP contribution in [0.2, 0.25) is 0 Å². The van der Waals surface area contributed by atoms with Crippen LogP contribution in [0.3, 0.4) is 0 Å². The fourth-order valence-corrected chi connectivity index (χ4v) is 1.72. The first-order valence-corrected chi connectivity index (χ1v) is 5.98. The largest absolute Gasteiger partial charge is 0.507 e. The van der Waals surface area contributed by atoms with E-state index in [9.17, 15) is 10.2 Å². The fourth-order valence-electron chi connectivity index (χ4n) is 1.72. The predicted octanol–water partition coefficient (Wildman–Crippen LogP) is 2.18. The van der Waals surface area contributed by atoms with Crippen LogP contribution < -0.4 is 5.32 Å². The molecule has 0 bridgehead atoms. The highest BCUT2D eigenvalue weighted by Crippen LogP contribution is 2.31. The van der Waals surface area contributed by atoms with Crippen LogP contribution in [0, 0.1) is 0 Å². The molecule has 1 rings (SSSR count).